The minimum absolute atomic E-state index is 0.0663. The molecule has 1 heterocycles. The van der Waals surface area contributed by atoms with Crippen LogP contribution in [0.3, 0.4) is 0 Å². The molecule has 0 fully saturated rings. The van der Waals surface area contributed by atoms with Gasteiger partial charge in [-0.25, -0.2) is 4.79 Å². The van der Waals surface area contributed by atoms with Crippen molar-refractivity contribution in [3.63, 3.8) is 0 Å². The number of thiophene rings is 1. The molecular formula is C39H40BrN3O5S2. The standard InChI is InChI=1S/C39H40BrN3O5S2/c1-23(34(44)43-37-33(38(47)48-5)30-18-17-26(39(2,3)4)21-32(30)50-37)49-29-16-10-15-28(22-29)41-36(46)31(20-24-11-9-14-27(40)19-24)42-35(45)25-12-7-6-8-13-25/h6-16,19-20,22-23,26H,17-18,21H2,1-5H3,(H,41,46)(H,42,45)(H,43,44)/b31-20+. The van der Waals surface area contributed by atoms with Gasteiger partial charge in [-0.15, -0.1) is 23.1 Å². The number of esters is 1. The van der Waals surface area contributed by atoms with Gasteiger partial charge in [0, 0.05) is 25.5 Å². The van der Waals surface area contributed by atoms with Crippen LogP contribution in [0.1, 0.15) is 70.8 Å². The third-order valence-electron chi connectivity index (χ3n) is 8.58. The zero-order valence-corrected chi connectivity index (χ0v) is 31.8. The first kappa shape index (κ1) is 37.1. The van der Waals surface area contributed by atoms with Crippen molar-refractivity contribution in [2.45, 2.75) is 57.1 Å². The van der Waals surface area contributed by atoms with Crippen LogP contribution in [0.4, 0.5) is 10.7 Å². The predicted molar refractivity (Wildman–Crippen MR) is 206 cm³/mol. The van der Waals surface area contributed by atoms with Crippen molar-refractivity contribution in [2.24, 2.45) is 11.3 Å². The molecule has 3 amide bonds. The van der Waals surface area contributed by atoms with Gasteiger partial charge in [0.1, 0.15) is 10.7 Å². The van der Waals surface area contributed by atoms with Crippen molar-refractivity contribution in [1.82, 2.24) is 5.32 Å². The van der Waals surface area contributed by atoms with Crippen molar-refractivity contribution in [3.8, 4) is 0 Å². The maximum absolute atomic E-state index is 13.6. The van der Waals surface area contributed by atoms with E-state index in [4.69, 9.17) is 4.74 Å². The van der Waals surface area contributed by atoms with E-state index in [2.05, 4.69) is 52.7 Å². The molecule has 2 atom stereocenters. The number of fused-ring (bicyclic) bond motifs is 1. The predicted octanol–water partition coefficient (Wildman–Crippen LogP) is 8.98. The second kappa shape index (κ2) is 16.2. The first-order chi connectivity index (χ1) is 23.8. The summed E-state index contributed by atoms with van der Waals surface area (Å²) in [5, 5.41) is 8.66. The van der Waals surface area contributed by atoms with Crippen LogP contribution in [0.15, 0.2) is 93.9 Å². The maximum Gasteiger partial charge on any atom is 0.341 e. The first-order valence-electron chi connectivity index (χ1n) is 16.3. The molecule has 1 aliphatic rings. The molecular weight excluding hydrogens is 734 g/mol. The van der Waals surface area contributed by atoms with Crippen LogP contribution in [-0.2, 0) is 27.2 Å². The third kappa shape index (κ3) is 9.32. The Hall–Kier alpha value is -4.19. The number of rotatable bonds is 10. The molecule has 1 aliphatic carbocycles. The highest BCUT2D eigenvalue weighted by atomic mass is 79.9. The summed E-state index contributed by atoms with van der Waals surface area (Å²) in [5.74, 6) is -1.13. The van der Waals surface area contributed by atoms with Gasteiger partial charge in [0.05, 0.1) is 17.9 Å². The van der Waals surface area contributed by atoms with E-state index >= 15 is 0 Å². The summed E-state index contributed by atoms with van der Waals surface area (Å²) < 4.78 is 5.96. The van der Waals surface area contributed by atoms with E-state index in [0.717, 1.165) is 44.6 Å². The number of halogens is 1. The highest BCUT2D eigenvalue weighted by Gasteiger charge is 2.34. The smallest absolute Gasteiger partial charge is 0.341 e. The topological polar surface area (TPSA) is 114 Å². The van der Waals surface area contributed by atoms with Crippen molar-refractivity contribution in [3.05, 3.63) is 116 Å². The molecule has 0 bridgehead atoms. The number of benzene rings is 3. The molecule has 0 saturated carbocycles. The van der Waals surface area contributed by atoms with Crippen molar-refractivity contribution >= 4 is 79.5 Å². The maximum atomic E-state index is 13.6. The third-order valence-corrected chi connectivity index (χ3v) is 11.3. The number of carbonyl (C=O) groups excluding carboxylic acids is 4. The normalized spacial score (nSPS) is 15.0. The average molecular weight is 775 g/mol. The summed E-state index contributed by atoms with van der Waals surface area (Å²) in [5.41, 5.74) is 3.28. The Balaban J connectivity index is 1.30. The summed E-state index contributed by atoms with van der Waals surface area (Å²) in [7, 11) is 1.36. The molecule has 1 aromatic heterocycles. The van der Waals surface area contributed by atoms with Crippen molar-refractivity contribution in [2.75, 3.05) is 17.7 Å². The van der Waals surface area contributed by atoms with E-state index in [0.29, 0.717) is 27.7 Å². The molecule has 0 saturated heterocycles. The van der Waals surface area contributed by atoms with E-state index < -0.39 is 23.0 Å². The zero-order chi connectivity index (χ0) is 36.0. The van der Waals surface area contributed by atoms with Gasteiger partial charge in [-0.2, -0.15) is 0 Å². The Bertz CT molecular complexity index is 1930. The van der Waals surface area contributed by atoms with Crippen molar-refractivity contribution < 1.29 is 23.9 Å². The van der Waals surface area contributed by atoms with E-state index in [9.17, 15) is 19.2 Å². The number of nitrogens with one attached hydrogen (secondary N) is 3. The van der Waals surface area contributed by atoms with Crippen LogP contribution in [0, 0.1) is 11.3 Å². The monoisotopic (exact) mass is 773 g/mol. The van der Waals surface area contributed by atoms with E-state index in [1.807, 2.05) is 36.4 Å². The fourth-order valence-corrected chi connectivity index (χ4v) is 8.42. The molecule has 0 aliphatic heterocycles. The Morgan fingerprint density at radius 1 is 0.980 bits per heavy atom. The number of ether oxygens (including phenoxy) is 1. The quantitative estimate of drug-likeness (QED) is 0.0843. The lowest BCUT2D eigenvalue weighted by molar-refractivity contribution is -0.115. The highest BCUT2D eigenvalue weighted by Crippen LogP contribution is 2.44. The molecule has 5 rings (SSSR count). The van der Waals surface area contributed by atoms with E-state index in [1.54, 1.807) is 55.5 Å². The summed E-state index contributed by atoms with van der Waals surface area (Å²) in [6, 6.07) is 23.2. The van der Waals surface area contributed by atoms with E-state index in [-0.39, 0.29) is 17.0 Å². The van der Waals surface area contributed by atoms with Gasteiger partial charge in [-0.1, -0.05) is 73.1 Å². The number of amides is 3. The fraction of sp³-hybridized carbons (Fsp3) is 0.282. The summed E-state index contributed by atoms with van der Waals surface area (Å²) in [6.07, 6.45) is 4.22. The molecule has 4 aromatic rings. The van der Waals surface area contributed by atoms with Gasteiger partial charge in [-0.3, -0.25) is 14.4 Å². The second-order valence-electron chi connectivity index (χ2n) is 13.2. The number of methoxy groups -OCH3 is 1. The van der Waals surface area contributed by atoms with Crippen molar-refractivity contribution in [1.29, 1.82) is 0 Å². The Morgan fingerprint density at radius 2 is 1.72 bits per heavy atom. The van der Waals surface area contributed by atoms with Gasteiger partial charge >= 0.3 is 5.97 Å². The van der Waals surface area contributed by atoms with Crippen LogP contribution in [0.2, 0.25) is 0 Å². The SMILES string of the molecule is COC(=O)c1c(NC(=O)C(C)Sc2cccc(NC(=O)/C(=C\c3cccc(Br)c3)NC(=O)c3ccccc3)c2)sc2c1CCC(C(C)(C)C)C2. The molecule has 0 spiro atoms. The van der Waals surface area contributed by atoms with Gasteiger partial charge in [0.25, 0.3) is 11.8 Å². The van der Waals surface area contributed by atoms with Crippen LogP contribution in [0.5, 0.6) is 0 Å². The number of anilines is 2. The highest BCUT2D eigenvalue weighted by molar-refractivity contribution is 9.10. The van der Waals surface area contributed by atoms with Gasteiger partial charge in [0.15, 0.2) is 0 Å². The van der Waals surface area contributed by atoms with E-state index in [1.165, 1.54) is 30.2 Å². The fourth-order valence-electron chi connectivity index (χ4n) is 5.75. The Labute approximate surface area is 309 Å². The van der Waals surface area contributed by atoms with Gasteiger partial charge in [-0.05, 0) is 97.2 Å². The van der Waals surface area contributed by atoms with Crippen LogP contribution >= 0.6 is 39.0 Å². The lowest BCUT2D eigenvalue weighted by Crippen LogP contribution is -2.30. The van der Waals surface area contributed by atoms with Gasteiger partial charge < -0.3 is 20.7 Å². The Morgan fingerprint density at radius 3 is 2.42 bits per heavy atom. The summed E-state index contributed by atoms with van der Waals surface area (Å²) in [4.78, 5) is 54.8. The summed E-state index contributed by atoms with van der Waals surface area (Å²) >= 11 is 6.25. The molecule has 2 unspecified atom stereocenters. The first-order valence-corrected chi connectivity index (χ1v) is 18.8. The number of thioether (sulfide) groups is 1. The zero-order valence-electron chi connectivity index (χ0n) is 28.6. The lowest BCUT2D eigenvalue weighted by atomic mass is 9.72. The van der Waals surface area contributed by atoms with Crippen LogP contribution < -0.4 is 16.0 Å². The Kier molecular flexibility index (Phi) is 12.0. The molecule has 50 heavy (non-hydrogen) atoms. The summed E-state index contributed by atoms with van der Waals surface area (Å²) in [6.45, 7) is 8.51. The molecule has 3 aromatic carbocycles. The number of hydrogen-bond acceptors (Lipinski definition) is 7. The number of carbonyl (C=O) groups is 4. The van der Waals surface area contributed by atoms with Crippen LogP contribution in [0.25, 0.3) is 6.08 Å². The average Bonchev–Trinajstić information content (AvgIpc) is 3.44. The lowest BCUT2D eigenvalue weighted by Gasteiger charge is -2.33. The minimum Gasteiger partial charge on any atom is -0.465 e. The molecule has 0 radical (unpaired) electrons. The van der Waals surface area contributed by atoms with Gasteiger partial charge in [0.2, 0.25) is 5.91 Å². The van der Waals surface area contributed by atoms with Crippen LogP contribution in [-0.4, -0.2) is 36.1 Å². The molecule has 3 N–H and O–H groups in total. The largest absolute Gasteiger partial charge is 0.465 e. The molecule has 11 heteroatoms. The second-order valence-corrected chi connectivity index (χ2v) is 16.6. The number of hydrogen-bond donors (Lipinski definition) is 3. The molecule has 8 nitrogen and oxygen atoms in total. The minimum atomic E-state index is -0.523. The molecule has 260 valence electrons.